The fraction of sp³-hybridized carbons (Fsp3) is 0.273. The third kappa shape index (κ3) is 3.49. The highest BCUT2D eigenvalue weighted by atomic mass is 32.2. The minimum atomic E-state index is -3.48. The van der Waals surface area contributed by atoms with E-state index in [2.05, 4.69) is 19.6 Å². The molecule has 2 aromatic rings. The SMILES string of the molecule is CCNS(=O)(=O)c1ccccc1NCc1csnn1. The molecule has 0 spiro atoms. The molecule has 1 aromatic heterocycles. The summed E-state index contributed by atoms with van der Waals surface area (Å²) < 4.78 is 30.3. The maximum Gasteiger partial charge on any atom is 0.242 e. The van der Waals surface area contributed by atoms with E-state index in [-0.39, 0.29) is 4.90 Å². The van der Waals surface area contributed by atoms with Crippen LogP contribution in [-0.2, 0) is 16.6 Å². The summed E-state index contributed by atoms with van der Waals surface area (Å²) in [6.45, 7) is 2.54. The largest absolute Gasteiger partial charge is 0.378 e. The number of hydrogen-bond donors (Lipinski definition) is 2. The van der Waals surface area contributed by atoms with Crippen LogP contribution in [0.15, 0.2) is 34.5 Å². The van der Waals surface area contributed by atoms with Gasteiger partial charge in [0.15, 0.2) is 0 Å². The molecule has 6 nitrogen and oxygen atoms in total. The molecule has 0 amide bonds. The van der Waals surface area contributed by atoms with E-state index >= 15 is 0 Å². The van der Waals surface area contributed by atoms with Gasteiger partial charge in [0.25, 0.3) is 0 Å². The summed E-state index contributed by atoms with van der Waals surface area (Å²) in [7, 11) is -3.48. The third-order valence-electron chi connectivity index (χ3n) is 2.38. The molecule has 8 heteroatoms. The minimum absolute atomic E-state index is 0.236. The van der Waals surface area contributed by atoms with E-state index in [0.29, 0.717) is 18.8 Å². The Morgan fingerprint density at radius 2 is 2.11 bits per heavy atom. The van der Waals surface area contributed by atoms with Gasteiger partial charge < -0.3 is 5.32 Å². The predicted octanol–water partition coefficient (Wildman–Crippen LogP) is 1.45. The van der Waals surface area contributed by atoms with Gasteiger partial charge in [-0.25, -0.2) is 13.1 Å². The molecule has 0 unspecified atom stereocenters. The van der Waals surface area contributed by atoms with E-state index in [1.165, 1.54) is 11.5 Å². The number of para-hydroxylation sites is 1. The first kappa shape index (κ1) is 13.9. The number of nitrogens with one attached hydrogen (secondary N) is 2. The fourth-order valence-electron chi connectivity index (χ4n) is 1.56. The van der Waals surface area contributed by atoms with Gasteiger partial charge in [-0.05, 0) is 23.7 Å². The predicted molar refractivity (Wildman–Crippen MR) is 74.5 cm³/mol. The number of nitrogens with zero attached hydrogens (tertiary/aromatic N) is 2. The zero-order valence-electron chi connectivity index (χ0n) is 10.3. The Balaban J connectivity index is 2.21. The fourth-order valence-corrected chi connectivity index (χ4v) is 3.24. The summed E-state index contributed by atoms with van der Waals surface area (Å²) in [6, 6.07) is 6.77. The van der Waals surface area contributed by atoms with Crippen LogP contribution in [0.4, 0.5) is 5.69 Å². The van der Waals surface area contributed by atoms with Crippen molar-refractivity contribution in [1.82, 2.24) is 14.3 Å². The van der Waals surface area contributed by atoms with Gasteiger partial charge in [-0.3, -0.25) is 0 Å². The van der Waals surface area contributed by atoms with Crippen LogP contribution in [0.1, 0.15) is 12.6 Å². The van der Waals surface area contributed by atoms with E-state index < -0.39 is 10.0 Å². The van der Waals surface area contributed by atoms with Gasteiger partial charge in [0, 0.05) is 11.9 Å². The zero-order valence-corrected chi connectivity index (χ0v) is 12.0. The standard InChI is InChI=1S/C11H14N4O2S2/c1-2-13-19(16,17)11-6-4-3-5-10(11)12-7-9-8-18-15-14-9/h3-6,8,12-13H,2,7H2,1H3. The molecule has 1 heterocycles. The molecule has 0 aliphatic carbocycles. The summed E-state index contributed by atoms with van der Waals surface area (Å²) in [5, 5.41) is 8.78. The first-order valence-corrected chi connectivity index (χ1v) is 8.04. The van der Waals surface area contributed by atoms with Crippen LogP contribution in [0, 0.1) is 0 Å². The van der Waals surface area contributed by atoms with Crippen molar-refractivity contribution in [3.05, 3.63) is 35.3 Å². The molecule has 0 aliphatic heterocycles. The van der Waals surface area contributed by atoms with Gasteiger partial charge in [-0.1, -0.05) is 23.5 Å². The molecular formula is C11H14N4O2S2. The Bertz CT molecular complexity index is 626. The average molecular weight is 298 g/mol. The highest BCUT2D eigenvalue weighted by Crippen LogP contribution is 2.21. The van der Waals surface area contributed by atoms with E-state index in [4.69, 9.17) is 0 Å². The van der Waals surface area contributed by atoms with E-state index in [1.54, 1.807) is 31.2 Å². The Morgan fingerprint density at radius 3 is 2.79 bits per heavy atom. The van der Waals surface area contributed by atoms with Gasteiger partial charge in [0.1, 0.15) is 4.90 Å². The Hall–Kier alpha value is -1.51. The summed E-state index contributed by atoms with van der Waals surface area (Å²) >= 11 is 1.26. The first-order chi connectivity index (χ1) is 9.13. The molecule has 0 radical (unpaired) electrons. The minimum Gasteiger partial charge on any atom is -0.378 e. The van der Waals surface area contributed by atoms with Crippen molar-refractivity contribution < 1.29 is 8.42 Å². The second kappa shape index (κ2) is 6.09. The normalized spacial score (nSPS) is 11.4. The number of hydrogen-bond acceptors (Lipinski definition) is 6. The summed E-state index contributed by atoms with van der Waals surface area (Å²) in [5.41, 5.74) is 1.33. The summed E-state index contributed by atoms with van der Waals surface area (Å²) in [6.07, 6.45) is 0. The van der Waals surface area contributed by atoms with E-state index in [9.17, 15) is 8.42 Å². The Labute approximate surface area is 116 Å². The Morgan fingerprint density at radius 1 is 1.32 bits per heavy atom. The number of benzene rings is 1. The highest BCUT2D eigenvalue weighted by Gasteiger charge is 2.16. The number of anilines is 1. The Kier molecular flexibility index (Phi) is 4.46. The van der Waals surface area contributed by atoms with Crippen molar-refractivity contribution in [3.63, 3.8) is 0 Å². The molecule has 2 rings (SSSR count). The third-order valence-corrected chi connectivity index (χ3v) is 4.53. The quantitative estimate of drug-likeness (QED) is 0.843. The second-order valence-corrected chi connectivity index (χ2v) is 6.09. The highest BCUT2D eigenvalue weighted by molar-refractivity contribution is 7.89. The molecule has 2 N–H and O–H groups in total. The molecule has 0 fully saturated rings. The van der Waals surface area contributed by atoms with Gasteiger partial charge in [0.05, 0.1) is 17.9 Å². The summed E-state index contributed by atoms with van der Waals surface area (Å²) in [4.78, 5) is 0.236. The molecule has 0 atom stereocenters. The molecule has 102 valence electrons. The zero-order chi connectivity index (χ0) is 13.7. The van der Waals surface area contributed by atoms with Crippen molar-refractivity contribution in [2.45, 2.75) is 18.4 Å². The summed E-state index contributed by atoms with van der Waals surface area (Å²) in [5.74, 6) is 0. The van der Waals surface area contributed by atoms with Crippen LogP contribution >= 0.6 is 11.5 Å². The van der Waals surface area contributed by atoms with Gasteiger partial charge in [-0.2, -0.15) is 0 Å². The lowest BCUT2D eigenvalue weighted by Gasteiger charge is -2.11. The number of aromatic nitrogens is 2. The van der Waals surface area contributed by atoms with Crippen LogP contribution in [-0.4, -0.2) is 24.5 Å². The molecule has 0 saturated heterocycles. The molecule has 0 saturated carbocycles. The maximum absolute atomic E-state index is 12.0. The van der Waals surface area contributed by atoms with Crippen LogP contribution in [0.5, 0.6) is 0 Å². The number of sulfonamides is 1. The first-order valence-electron chi connectivity index (χ1n) is 5.72. The molecule has 1 aromatic carbocycles. The molecule has 0 bridgehead atoms. The van der Waals surface area contributed by atoms with Crippen LogP contribution < -0.4 is 10.0 Å². The molecular weight excluding hydrogens is 284 g/mol. The molecule has 19 heavy (non-hydrogen) atoms. The van der Waals surface area contributed by atoms with E-state index in [1.807, 2.05) is 5.38 Å². The lowest BCUT2D eigenvalue weighted by Crippen LogP contribution is -2.24. The average Bonchev–Trinajstić information content (AvgIpc) is 2.90. The van der Waals surface area contributed by atoms with Gasteiger partial charge in [0.2, 0.25) is 10.0 Å². The second-order valence-electron chi connectivity index (χ2n) is 3.75. The van der Waals surface area contributed by atoms with Crippen molar-refractivity contribution >= 4 is 27.2 Å². The van der Waals surface area contributed by atoms with Crippen molar-refractivity contribution in [2.24, 2.45) is 0 Å². The molecule has 0 aliphatic rings. The lowest BCUT2D eigenvalue weighted by molar-refractivity contribution is 0.584. The van der Waals surface area contributed by atoms with E-state index in [0.717, 1.165) is 5.69 Å². The monoisotopic (exact) mass is 298 g/mol. The van der Waals surface area contributed by atoms with Crippen LogP contribution in [0.3, 0.4) is 0 Å². The number of rotatable bonds is 6. The van der Waals surface area contributed by atoms with Crippen molar-refractivity contribution in [1.29, 1.82) is 0 Å². The van der Waals surface area contributed by atoms with Gasteiger partial charge in [-0.15, -0.1) is 5.10 Å². The smallest absolute Gasteiger partial charge is 0.242 e. The van der Waals surface area contributed by atoms with Crippen LogP contribution in [0.25, 0.3) is 0 Å². The lowest BCUT2D eigenvalue weighted by atomic mass is 10.3. The van der Waals surface area contributed by atoms with Gasteiger partial charge >= 0.3 is 0 Å². The van der Waals surface area contributed by atoms with Crippen LogP contribution in [0.2, 0.25) is 0 Å². The maximum atomic E-state index is 12.0. The van der Waals surface area contributed by atoms with Crippen molar-refractivity contribution in [3.8, 4) is 0 Å². The van der Waals surface area contributed by atoms with Crippen molar-refractivity contribution in [2.75, 3.05) is 11.9 Å². The topological polar surface area (TPSA) is 84.0 Å².